The van der Waals surface area contributed by atoms with Crippen molar-refractivity contribution < 1.29 is 9.53 Å². The number of likely N-dealkylation sites (N-methyl/N-ethyl adjacent to an activating group) is 2. The van der Waals surface area contributed by atoms with Gasteiger partial charge in [0.25, 0.3) is 0 Å². The average molecular weight is 378 g/mol. The molecule has 0 aliphatic carbocycles. The number of hydrogen-bond donors (Lipinski definition) is 0. The molecule has 0 spiro atoms. The van der Waals surface area contributed by atoms with Gasteiger partial charge in [-0.25, -0.2) is 9.97 Å². The van der Waals surface area contributed by atoms with Gasteiger partial charge in [-0.05, 0) is 17.7 Å². The van der Waals surface area contributed by atoms with Crippen LogP contribution in [0.15, 0.2) is 55.4 Å². The molecule has 0 aliphatic heterocycles. The summed E-state index contributed by atoms with van der Waals surface area (Å²) in [5.74, 6) is 1.76. The molecule has 3 aromatic rings. The van der Waals surface area contributed by atoms with Gasteiger partial charge in [-0.2, -0.15) is 4.98 Å². The second-order valence-electron chi connectivity index (χ2n) is 6.33. The summed E-state index contributed by atoms with van der Waals surface area (Å²) in [5, 5.41) is 0. The van der Waals surface area contributed by atoms with E-state index in [0.29, 0.717) is 30.5 Å². The second kappa shape index (κ2) is 8.90. The molecule has 0 saturated heterocycles. The summed E-state index contributed by atoms with van der Waals surface area (Å²) in [6.07, 6.45) is 8.26. The fourth-order valence-corrected chi connectivity index (χ4v) is 2.43. The summed E-state index contributed by atoms with van der Waals surface area (Å²) < 4.78 is 5.83. The van der Waals surface area contributed by atoms with Crippen LogP contribution in [-0.4, -0.2) is 57.9 Å². The number of benzene rings is 1. The van der Waals surface area contributed by atoms with Crippen molar-refractivity contribution in [3.63, 3.8) is 0 Å². The lowest BCUT2D eigenvalue weighted by atomic mass is 10.1. The van der Waals surface area contributed by atoms with Gasteiger partial charge in [0, 0.05) is 52.1 Å². The highest BCUT2D eigenvalue weighted by Crippen LogP contribution is 2.24. The molecule has 144 valence electrons. The number of carbonyl (C=O) groups is 1. The number of amides is 1. The number of ether oxygens (including phenoxy) is 1. The molecule has 0 atom stereocenters. The predicted molar refractivity (Wildman–Crippen MR) is 106 cm³/mol. The third-order valence-electron chi connectivity index (χ3n) is 4.27. The minimum absolute atomic E-state index is 0.0297. The van der Waals surface area contributed by atoms with Gasteiger partial charge < -0.3 is 14.5 Å². The van der Waals surface area contributed by atoms with Crippen molar-refractivity contribution in [2.75, 3.05) is 32.1 Å². The molecule has 2 heterocycles. The largest absolute Gasteiger partial charge is 0.437 e. The number of aromatic nitrogens is 4. The van der Waals surface area contributed by atoms with Gasteiger partial charge in [-0.3, -0.25) is 9.78 Å². The minimum Gasteiger partial charge on any atom is -0.437 e. The lowest BCUT2D eigenvalue weighted by Crippen LogP contribution is -2.33. The normalized spacial score (nSPS) is 10.4. The summed E-state index contributed by atoms with van der Waals surface area (Å²) >= 11 is 0. The lowest BCUT2D eigenvalue weighted by Gasteiger charge is -2.22. The SMILES string of the molecule is CC(=O)N(C)CCN(C)c1cncc(Oc2ccc(-c3cncnc3)cc2)n1. The fourth-order valence-electron chi connectivity index (χ4n) is 2.43. The fraction of sp³-hybridized carbons (Fsp3) is 0.250. The zero-order valence-corrected chi connectivity index (χ0v) is 16.1. The van der Waals surface area contributed by atoms with Crippen molar-refractivity contribution in [2.45, 2.75) is 6.92 Å². The third-order valence-corrected chi connectivity index (χ3v) is 4.27. The van der Waals surface area contributed by atoms with E-state index >= 15 is 0 Å². The van der Waals surface area contributed by atoms with Crippen LogP contribution in [-0.2, 0) is 4.79 Å². The highest BCUT2D eigenvalue weighted by atomic mass is 16.5. The van der Waals surface area contributed by atoms with E-state index in [-0.39, 0.29) is 5.91 Å². The maximum atomic E-state index is 11.3. The van der Waals surface area contributed by atoms with Crippen molar-refractivity contribution in [1.82, 2.24) is 24.8 Å². The quantitative estimate of drug-likeness (QED) is 0.625. The second-order valence-corrected chi connectivity index (χ2v) is 6.33. The summed E-state index contributed by atoms with van der Waals surface area (Å²) in [7, 11) is 3.67. The first-order valence-electron chi connectivity index (χ1n) is 8.81. The Morgan fingerprint density at radius 1 is 0.929 bits per heavy atom. The molecule has 0 N–H and O–H groups in total. The topological polar surface area (TPSA) is 84.3 Å². The van der Waals surface area contributed by atoms with Crippen LogP contribution in [0.4, 0.5) is 5.82 Å². The maximum Gasteiger partial charge on any atom is 0.239 e. The van der Waals surface area contributed by atoms with Crippen molar-refractivity contribution in [3.05, 3.63) is 55.4 Å². The summed E-state index contributed by atoms with van der Waals surface area (Å²) in [6, 6.07) is 7.61. The van der Waals surface area contributed by atoms with Gasteiger partial charge in [-0.15, -0.1) is 0 Å². The van der Waals surface area contributed by atoms with Gasteiger partial charge in [0.05, 0.1) is 12.4 Å². The molecule has 1 aromatic carbocycles. The van der Waals surface area contributed by atoms with Crippen LogP contribution in [0.5, 0.6) is 11.6 Å². The maximum absolute atomic E-state index is 11.3. The number of carbonyl (C=O) groups excluding carboxylic acids is 1. The zero-order valence-electron chi connectivity index (χ0n) is 16.1. The average Bonchev–Trinajstić information content (AvgIpc) is 2.73. The monoisotopic (exact) mass is 378 g/mol. The van der Waals surface area contributed by atoms with Gasteiger partial charge in [-0.1, -0.05) is 12.1 Å². The molecule has 0 radical (unpaired) electrons. The van der Waals surface area contributed by atoms with E-state index in [4.69, 9.17) is 4.74 Å². The Morgan fingerprint density at radius 3 is 2.32 bits per heavy atom. The number of anilines is 1. The van der Waals surface area contributed by atoms with Crippen molar-refractivity contribution >= 4 is 11.7 Å². The van der Waals surface area contributed by atoms with Gasteiger partial charge in [0.2, 0.25) is 11.8 Å². The van der Waals surface area contributed by atoms with Gasteiger partial charge in [0.1, 0.15) is 12.1 Å². The molecule has 28 heavy (non-hydrogen) atoms. The van der Waals surface area contributed by atoms with E-state index in [1.165, 1.54) is 6.33 Å². The molecular weight excluding hydrogens is 356 g/mol. The van der Waals surface area contributed by atoms with Crippen LogP contribution >= 0.6 is 0 Å². The summed E-state index contributed by atoms with van der Waals surface area (Å²) in [6.45, 7) is 2.79. The van der Waals surface area contributed by atoms with Crippen molar-refractivity contribution in [3.8, 4) is 22.8 Å². The molecule has 8 heteroatoms. The number of hydrogen-bond acceptors (Lipinski definition) is 7. The van der Waals surface area contributed by atoms with Gasteiger partial charge >= 0.3 is 0 Å². The molecule has 3 rings (SSSR count). The highest BCUT2D eigenvalue weighted by molar-refractivity contribution is 5.72. The highest BCUT2D eigenvalue weighted by Gasteiger charge is 2.09. The van der Waals surface area contributed by atoms with Crippen LogP contribution in [0.2, 0.25) is 0 Å². The van der Waals surface area contributed by atoms with E-state index in [1.807, 2.05) is 36.2 Å². The Bertz CT molecular complexity index is 917. The Morgan fingerprint density at radius 2 is 1.64 bits per heavy atom. The van der Waals surface area contributed by atoms with E-state index in [2.05, 4.69) is 19.9 Å². The van der Waals surface area contributed by atoms with E-state index in [0.717, 1.165) is 11.1 Å². The van der Waals surface area contributed by atoms with E-state index in [1.54, 1.807) is 43.7 Å². The molecular formula is C20H22N6O2. The van der Waals surface area contributed by atoms with Crippen molar-refractivity contribution in [2.24, 2.45) is 0 Å². The lowest BCUT2D eigenvalue weighted by molar-refractivity contribution is -0.127. The Kier molecular flexibility index (Phi) is 6.11. The molecule has 0 bridgehead atoms. The van der Waals surface area contributed by atoms with Crippen LogP contribution in [0.25, 0.3) is 11.1 Å². The van der Waals surface area contributed by atoms with Crippen LogP contribution in [0.1, 0.15) is 6.92 Å². The number of rotatable bonds is 7. The first kappa shape index (κ1) is 19.2. The standard InChI is InChI=1S/C20H22N6O2/c1-15(27)25(2)8-9-26(3)19-12-21-13-20(24-19)28-18-6-4-16(5-7-18)17-10-22-14-23-11-17/h4-7,10-14H,8-9H2,1-3H3. The Labute approximate surface area is 163 Å². The van der Waals surface area contributed by atoms with Gasteiger partial charge in [0.15, 0.2) is 5.82 Å². The molecule has 8 nitrogen and oxygen atoms in total. The molecule has 2 aromatic heterocycles. The predicted octanol–water partition coefficient (Wildman–Crippen LogP) is 2.64. The first-order valence-corrected chi connectivity index (χ1v) is 8.81. The van der Waals surface area contributed by atoms with E-state index < -0.39 is 0 Å². The Balaban J connectivity index is 1.65. The molecule has 0 aliphatic rings. The van der Waals surface area contributed by atoms with Crippen LogP contribution < -0.4 is 9.64 Å². The summed E-state index contributed by atoms with van der Waals surface area (Å²) in [4.78, 5) is 31.6. The zero-order chi connectivity index (χ0) is 19.9. The number of nitrogens with zero attached hydrogens (tertiary/aromatic N) is 6. The summed E-state index contributed by atoms with van der Waals surface area (Å²) in [5.41, 5.74) is 1.94. The van der Waals surface area contributed by atoms with Crippen LogP contribution in [0.3, 0.4) is 0 Å². The molecule has 0 unspecified atom stereocenters. The van der Waals surface area contributed by atoms with Crippen molar-refractivity contribution in [1.29, 1.82) is 0 Å². The smallest absolute Gasteiger partial charge is 0.239 e. The third kappa shape index (κ3) is 5.00. The molecule has 1 amide bonds. The van der Waals surface area contributed by atoms with E-state index in [9.17, 15) is 4.79 Å². The van der Waals surface area contributed by atoms with Crippen LogP contribution in [0, 0.1) is 0 Å². The first-order chi connectivity index (χ1) is 13.5. The molecule has 0 saturated carbocycles. The minimum atomic E-state index is 0.0297. The Hall–Kier alpha value is -3.55. The molecule has 0 fully saturated rings.